The maximum atomic E-state index is 6.03. The molecule has 0 spiro atoms. The fourth-order valence-corrected chi connectivity index (χ4v) is 3.08. The van der Waals surface area contributed by atoms with E-state index in [1.165, 1.54) is 0 Å². The fraction of sp³-hybridized carbons (Fsp3) is 0.0417. The molecule has 0 aliphatic carbocycles. The highest BCUT2D eigenvalue weighted by molar-refractivity contribution is 6.30. The predicted molar refractivity (Wildman–Crippen MR) is 122 cm³/mol. The molecule has 0 radical (unpaired) electrons. The Hall–Kier alpha value is -3.70. The van der Waals surface area contributed by atoms with Gasteiger partial charge in [0.05, 0.1) is 24.7 Å². The summed E-state index contributed by atoms with van der Waals surface area (Å²) in [4.78, 5) is 9.25. The molecule has 0 fully saturated rings. The van der Waals surface area contributed by atoms with Gasteiger partial charge >= 0.3 is 0 Å². The summed E-state index contributed by atoms with van der Waals surface area (Å²) in [7, 11) is 1.63. The zero-order chi connectivity index (χ0) is 20.8. The highest BCUT2D eigenvalue weighted by Gasteiger charge is 2.08. The van der Waals surface area contributed by atoms with Crippen LogP contribution in [-0.4, -0.2) is 23.3 Å². The van der Waals surface area contributed by atoms with Crippen molar-refractivity contribution in [2.75, 3.05) is 12.5 Å². The Labute approximate surface area is 180 Å². The van der Waals surface area contributed by atoms with Gasteiger partial charge in [-0.25, -0.2) is 15.4 Å². The SMILES string of the molecule is COc1ccccc1/C=N\Nc1nc(-c2ccccc2)cc(-c2ccc(Cl)cc2)n1. The Morgan fingerprint density at radius 1 is 0.833 bits per heavy atom. The van der Waals surface area contributed by atoms with Gasteiger partial charge in [-0.15, -0.1) is 0 Å². The molecule has 0 bridgehead atoms. The first-order valence-corrected chi connectivity index (χ1v) is 9.73. The molecule has 4 aromatic rings. The van der Waals surface area contributed by atoms with Crippen molar-refractivity contribution in [2.45, 2.75) is 0 Å². The van der Waals surface area contributed by atoms with Crippen molar-refractivity contribution in [1.82, 2.24) is 9.97 Å². The second-order valence-electron chi connectivity index (χ2n) is 6.45. The van der Waals surface area contributed by atoms with Gasteiger partial charge in [-0.05, 0) is 30.3 Å². The third-order valence-corrected chi connectivity index (χ3v) is 4.69. The number of ether oxygens (including phenoxy) is 1. The van der Waals surface area contributed by atoms with Crippen molar-refractivity contribution in [1.29, 1.82) is 0 Å². The lowest BCUT2D eigenvalue weighted by Crippen LogP contribution is -2.00. The minimum absolute atomic E-state index is 0.396. The van der Waals surface area contributed by atoms with Gasteiger partial charge in [0.2, 0.25) is 5.95 Å². The molecule has 5 nitrogen and oxygen atoms in total. The lowest BCUT2D eigenvalue weighted by Gasteiger charge is -2.09. The topological polar surface area (TPSA) is 59.4 Å². The van der Waals surface area contributed by atoms with Gasteiger partial charge in [0.15, 0.2) is 0 Å². The quantitative estimate of drug-likeness (QED) is 0.314. The first-order chi connectivity index (χ1) is 14.7. The summed E-state index contributed by atoms with van der Waals surface area (Å²) in [5.74, 6) is 1.14. The number of nitrogens with one attached hydrogen (secondary N) is 1. The molecule has 0 saturated carbocycles. The molecule has 6 heteroatoms. The minimum Gasteiger partial charge on any atom is -0.496 e. The van der Waals surface area contributed by atoms with Crippen LogP contribution in [0.2, 0.25) is 5.02 Å². The molecule has 1 heterocycles. The maximum Gasteiger partial charge on any atom is 0.244 e. The summed E-state index contributed by atoms with van der Waals surface area (Å²) >= 11 is 6.03. The largest absolute Gasteiger partial charge is 0.496 e. The van der Waals surface area contributed by atoms with Gasteiger partial charge < -0.3 is 4.74 Å². The average molecular weight is 415 g/mol. The minimum atomic E-state index is 0.396. The van der Waals surface area contributed by atoms with Crippen LogP contribution < -0.4 is 10.2 Å². The van der Waals surface area contributed by atoms with Crippen molar-refractivity contribution >= 4 is 23.8 Å². The van der Waals surface area contributed by atoms with Gasteiger partial charge in [0.1, 0.15) is 5.75 Å². The summed E-state index contributed by atoms with van der Waals surface area (Å²) in [6.07, 6.45) is 1.68. The molecule has 0 aliphatic rings. The van der Waals surface area contributed by atoms with E-state index in [1.54, 1.807) is 13.3 Å². The van der Waals surface area contributed by atoms with E-state index in [-0.39, 0.29) is 0 Å². The number of methoxy groups -OCH3 is 1. The van der Waals surface area contributed by atoms with Gasteiger partial charge in [-0.2, -0.15) is 5.10 Å². The number of halogens is 1. The predicted octanol–water partition coefficient (Wildman–Crippen LogP) is 5.92. The van der Waals surface area contributed by atoms with E-state index in [0.717, 1.165) is 33.8 Å². The Morgan fingerprint density at radius 3 is 2.17 bits per heavy atom. The number of aromatic nitrogens is 2. The van der Waals surface area contributed by atoms with Crippen molar-refractivity contribution in [3.8, 4) is 28.3 Å². The van der Waals surface area contributed by atoms with E-state index in [1.807, 2.05) is 84.9 Å². The van der Waals surface area contributed by atoms with Crippen molar-refractivity contribution in [2.24, 2.45) is 5.10 Å². The molecule has 0 saturated heterocycles. The van der Waals surface area contributed by atoms with E-state index in [4.69, 9.17) is 16.3 Å². The third kappa shape index (κ3) is 4.64. The summed E-state index contributed by atoms with van der Waals surface area (Å²) in [5, 5.41) is 4.98. The van der Waals surface area contributed by atoms with Crippen LogP contribution in [-0.2, 0) is 0 Å². The summed E-state index contributed by atoms with van der Waals surface area (Å²) in [6.45, 7) is 0. The van der Waals surface area contributed by atoms with Crippen molar-refractivity contribution in [3.63, 3.8) is 0 Å². The molecule has 0 amide bonds. The highest BCUT2D eigenvalue weighted by Crippen LogP contribution is 2.26. The second-order valence-corrected chi connectivity index (χ2v) is 6.88. The molecule has 0 atom stereocenters. The number of rotatable bonds is 6. The number of anilines is 1. The number of hydrazone groups is 1. The van der Waals surface area contributed by atoms with E-state index in [9.17, 15) is 0 Å². The summed E-state index contributed by atoms with van der Waals surface area (Å²) in [6, 6.07) is 27.1. The van der Waals surface area contributed by atoms with Crippen LogP contribution in [0.4, 0.5) is 5.95 Å². The van der Waals surface area contributed by atoms with Gasteiger partial charge in [-0.1, -0.05) is 66.2 Å². The Morgan fingerprint density at radius 2 is 1.47 bits per heavy atom. The van der Waals surface area contributed by atoms with Crippen LogP contribution in [0.15, 0.2) is 90.0 Å². The maximum absolute atomic E-state index is 6.03. The van der Waals surface area contributed by atoms with Gasteiger partial charge in [0, 0.05) is 21.7 Å². The summed E-state index contributed by atoms with van der Waals surface area (Å²) < 4.78 is 5.35. The summed E-state index contributed by atoms with van der Waals surface area (Å²) in [5.41, 5.74) is 7.30. The standard InChI is InChI=1S/C24H19ClN4O/c1-30-23-10-6-5-9-19(23)16-26-29-24-27-21(17-7-3-2-4-8-17)15-22(28-24)18-11-13-20(25)14-12-18/h2-16H,1H3,(H,27,28,29)/b26-16-. The molecule has 1 N–H and O–H groups in total. The van der Waals surface area contributed by atoms with Crippen LogP contribution in [0.25, 0.3) is 22.5 Å². The first-order valence-electron chi connectivity index (χ1n) is 9.35. The number of hydrogen-bond acceptors (Lipinski definition) is 5. The lowest BCUT2D eigenvalue weighted by molar-refractivity contribution is 0.414. The molecule has 3 aromatic carbocycles. The van der Waals surface area contributed by atoms with E-state index < -0.39 is 0 Å². The zero-order valence-corrected chi connectivity index (χ0v) is 17.0. The van der Waals surface area contributed by atoms with E-state index in [2.05, 4.69) is 20.5 Å². The first kappa shape index (κ1) is 19.6. The van der Waals surface area contributed by atoms with Crippen molar-refractivity contribution < 1.29 is 4.74 Å². The Bertz CT molecular complexity index is 1160. The average Bonchev–Trinajstić information content (AvgIpc) is 2.80. The zero-order valence-electron chi connectivity index (χ0n) is 16.3. The lowest BCUT2D eigenvalue weighted by atomic mass is 10.1. The normalized spacial score (nSPS) is 10.9. The van der Waals surface area contributed by atoms with Crippen molar-refractivity contribution in [3.05, 3.63) is 95.5 Å². The number of para-hydroxylation sites is 1. The number of hydrogen-bond donors (Lipinski definition) is 1. The van der Waals surface area contributed by atoms with E-state index in [0.29, 0.717) is 11.0 Å². The monoisotopic (exact) mass is 414 g/mol. The van der Waals surface area contributed by atoms with Gasteiger partial charge in [-0.3, -0.25) is 0 Å². The molecule has 0 unspecified atom stereocenters. The third-order valence-electron chi connectivity index (χ3n) is 4.44. The van der Waals surface area contributed by atoms with Crippen LogP contribution in [0.5, 0.6) is 5.75 Å². The Balaban J connectivity index is 1.68. The molecule has 30 heavy (non-hydrogen) atoms. The van der Waals surface area contributed by atoms with Crippen LogP contribution >= 0.6 is 11.6 Å². The highest BCUT2D eigenvalue weighted by atomic mass is 35.5. The van der Waals surface area contributed by atoms with Crippen LogP contribution in [0, 0.1) is 0 Å². The second kappa shape index (κ2) is 9.20. The number of nitrogens with zero attached hydrogens (tertiary/aromatic N) is 3. The molecular weight excluding hydrogens is 396 g/mol. The molecule has 0 aliphatic heterocycles. The fourth-order valence-electron chi connectivity index (χ4n) is 2.96. The van der Waals surface area contributed by atoms with Crippen LogP contribution in [0.3, 0.4) is 0 Å². The number of benzene rings is 3. The molecule has 1 aromatic heterocycles. The molecule has 4 rings (SSSR count). The smallest absolute Gasteiger partial charge is 0.244 e. The van der Waals surface area contributed by atoms with Crippen LogP contribution in [0.1, 0.15) is 5.56 Å². The van der Waals surface area contributed by atoms with Gasteiger partial charge in [0.25, 0.3) is 0 Å². The molecular formula is C24H19ClN4O. The van der Waals surface area contributed by atoms with E-state index >= 15 is 0 Å². The molecule has 148 valence electrons. The Kier molecular flexibility index (Phi) is 6.01.